The number of piperidine rings is 1. The van der Waals surface area contributed by atoms with Gasteiger partial charge in [-0.3, -0.25) is 0 Å². The predicted molar refractivity (Wildman–Crippen MR) is 80.0 cm³/mol. The van der Waals surface area contributed by atoms with E-state index in [1.54, 1.807) is 11.4 Å². The molecule has 0 aliphatic carbocycles. The topological polar surface area (TPSA) is 58.2 Å². The Morgan fingerprint density at radius 3 is 2.83 bits per heavy atom. The molecule has 0 amide bonds. The minimum atomic E-state index is -3.39. The highest BCUT2D eigenvalue weighted by Gasteiger charge is 2.28. The molecule has 0 spiro atoms. The zero-order valence-corrected chi connectivity index (χ0v) is 13.9. The Balaban J connectivity index is 0.00000162. The lowest BCUT2D eigenvalue weighted by molar-refractivity contribution is 0.328. The average Bonchev–Trinajstić information content (AvgIpc) is 2.68. The van der Waals surface area contributed by atoms with Crippen molar-refractivity contribution in [2.75, 3.05) is 13.1 Å². The van der Waals surface area contributed by atoms with Crippen LogP contribution in [0.25, 0.3) is 0 Å². The molecule has 2 N–H and O–H groups in total. The smallest absolute Gasteiger partial charge is 0.251 e. The van der Waals surface area contributed by atoms with Crippen LogP contribution < -0.4 is 10.0 Å². The summed E-state index contributed by atoms with van der Waals surface area (Å²) in [6.07, 6.45) is 0.837. The first-order chi connectivity index (χ1) is 8.00. The molecule has 1 fully saturated rings. The van der Waals surface area contributed by atoms with Gasteiger partial charge >= 0.3 is 0 Å². The van der Waals surface area contributed by atoms with Gasteiger partial charge in [-0.15, -0.1) is 23.7 Å². The molecule has 0 aromatic carbocycles. The molecule has 1 aliphatic rings. The van der Waals surface area contributed by atoms with E-state index in [1.165, 1.54) is 11.3 Å². The van der Waals surface area contributed by atoms with Gasteiger partial charge in [-0.25, -0.2) is 13.1 Å². The molecule has 1 aromatic rings. The van der Waals surface area contributed by atoms with E-state index in [0.29, 0.717) is 14.6 Å². The van der Waals surface area contributed by atoms with Crippen LogP contribution >= 0.6 is 39.7 Å². The van der Waals surface area contributed by atoms with Gasteiger partial charge in [-0.05, 0) is 52.8 Å². The molecular formula is C10H16BrClN2O2S2. The quantitative estimate of drug-likeness (QED) is 0.851. The van der Waals surface area contributed by atoms with E-state index in [9.17, 15) is 8.42 Å². The SMILES string of the molecule is CC1CNCCC1NS(=O)(=O)c1sccc1Br.Cl. The van der Waals surface area contributed by atoms with Crippen LogP contribution in [0.1, 0.15) is 13.3 Å². The van der Waals surface area contributed by atoms with Crippen LogP contribution in [0.3, 0.4) is 0 Å². The number of hydrogen-bond acceptors (Lipinski definition) is 4. The van der Waals surface area contributed by atoms with Gasteiger partial charge in [0.25, 0.3) is 10.0 Å². The van der Waals surface area contributed by atoms with Gasteiger partial charge in [-0.2, -0.15) is 0 Å². The van der Waals surface area contributed by atoms with Gasteiger partial charge < -0.3 is 5.32 Å². The van der Waals surface area contributed by atoms with E-state index in [-0.39, 0.29) is 18.4 Å². The highest BCUT2D eigenvalue weighted by Crippen LogP contribution is 2.28. The van der Waals surface area contributed by atoms with Crippen molar-refractivity contribution in [3.8, 4) is 0 Å². The molecule has 0 bridgehead atoms. The third-order valence-corrected chi connectivity index (χ3v) is 7.08. The van der Waals surface area contributed by atoms with Crippen LogP contribution in [-0.2, 0) is 10.0 Å². The Bertz CT molecular complexity index is 492. The van der Waals surface area contributed by atoms with E-state index in [4.69, 9.17) is 0 Å². The van der Waals surface area contributed by atoms with Crippen LogP contribution in [0.2, 0.25) is 0 Å². The van der Waals surface area contributed by atoms with Crippen molar-refractivity contribution in [2.24, 2.45) is 5.92 Å². The summed E-state index contributed by atoms with van der Waals surface area (Å²) in [5, 5.41) is 5.02. The molecule has 1 aliphatic heterocycles. The van der Waals surface area contributed by atoms with Gasteiger partial charge in [0.05, 0.1) is 0 Å². The summed E-state index contributed by atoms with van der Waals surface area (Å²) in [5.41, 5.74) is 0. The van der Waals surface area contributed by atoms with Crippen LogP contribution in [0.5, 0.6) is 0 Å². The normalized spacial score (nSPS) is 24.6. The average molecular weight is 376 g/mol. The second-order valence-corrected chi connectivity index (χ2v) is 7.93. The Hall–Kier alpha value is 0.340. The Labute approximate surface area is 126 Å². The van der Waals surface area contributed by atoms with Crippen LogP contribution in [-0.4, -0.2) is 27.5 Å². The molecule has 4 nitrogen and oxygen atoms in total. The minimum absolute atomic E-state index is 0. The highest BCUT2D eigenvalue weighted by atomic mass is 79.9. The molecule has 0 saturated carbocycles. The van der Waals surface area contributed by atoms with Crippen molar-refractivity contribution in [3.05, 3.63) is 15.9 Å². The van der Waals surface area contributed by atoms with E-state index >= 15 is 0 Å². The van der Waals surface area contributed by atoms with Crippen LogP contribution in [0.15, 0.2) is 20.1 Å². The van der Waals surface area contributed by atoms with Crippen molar-refractivity contribution in [3.63, 3.8) is 0 Å². The number of nitrogens with one attached hydrogen (secondary N) is 2. The summed E-state index contributed by atoms with van der Waals surface area (Å²) < 4.78 is 28.2. The van der Waals surface area contributed by atoms with Gasteiger partial charge in [0.2, 0.25) is 0 Å². The molecule has 2 heterocycles. The van der Waals surface area contributed by atoms with Crippen LogP contribution in [0, 0.1) is 5.92 Å². The number of thiophene rings is 1. The Morgan fingerprint density at radius 2 is 2.28 bits per heavy atom. The lowest BCUT2D eigenvalue weighted by Gasteiger charge is -2.29. The first kappa shape index (κ1) is 16.4. The molecule has 2 atom stereocenters. The van der Waals surface area contributed by atoms with Crippen molar-refractivity contribution >= 4 is 49.7 Å². The van der Waals surface area contributed by atoms with Crippen molar-refractivity contribution < 1.29 is 8.42 Å². The summed E-state index contributed by atoms with van der Waals surface area (Å²) in [6.45, 7) is 3.78. The first-order valence-corrected chi connectivity index (χ1v) is 8.62. The van der Waals surface area contributed by atoms with Gasteiger partial charge in [0, 0.05) is 10.5 Å². The molecule has 2 rings (SSSR count). The molecule has 8 heteroatoms. The van der Waals surface area contributed by atoms with E-state index in [0.717, 1.165) is 19.5 Å². The molecule has 0 radical (unpaired) electrons. The zero-order valence-electron chi connectivity index (χ0n) is 9.85. The fourth-order valence-electron chi connectivity index (χ4n) is 1.91. The number of sulfonamides is 1. The lowest BCUT2D eigenvalue weighted by Crippen LogP contribution is -2.48. The fourth-order valence-corrected chi connectivity index (χ4v) is 5.65. The first-order valence-electron chi connectivity index (χ1n) is 5.47. The molecular weight excluding hydrogens is 360 g/mol. The lowest BCUT2D eigenvalue weighted by atomic mass is 9.97. The monoisotopic (exact) mass is 374 g/mol. The summed E-state index contributed by atoms with van der Waals surface area (Å²) >= 11 is 4.49. The Morgan fingerprint density at radius 1 is 1.56 bits per heavy atom. The van der Waals surface area contributed by atoms with E-state index in [2.05, 4.69) is 32.9 Å². The third kappa shape index (κ3) is 3.68. The van der Waals surface area contributed by atoms with Gasteiger partial charge in [0.15, 0.2) is 0 Å². The van der Waals surface area contributed by atoms with E-state index in [1.807, 2.05) is 0 Å². The third-order valence-electron chi connectivity index (χ3n) is 2.92. The minimum Gasteiger partial charge on any atom is -0.316 e. The number of halogens is 2. The maximum absolute atomic E-state index is 12.2. The summed E-state index contributed by atoms with van der Waals surface area (Å²) in [4.78, 5) is 0. The van der Waals surface area contributed by atoms with Gasteiger partial charge in [0.1, 0.15) is 4.21 Å². The summed E-state index contributed by atoms with van der Waals surface area (Å²) in [6, 6.07) is 1.78. The van der Waals surface area contributed by atoms with E-state index < -0.39 is 10.0 Å². The molecule has 2 unspecified atom stereocenters. The standard InChI is InChI=1S/C10H15BrN2O2S2.ClH/c1-7-6-12-4-2-9(7)13-17(14,15)10-8(11)3-5-16-10;/h3,5,7,9,12-13H,2,4,6H2,1H3;1H. The second kappa shape index (κ2) is 6.67. The molecule has 104 valence electrons. The predicted octanol–water partition coefficient (Wildman–Crippen LogP) is 2.21. The molecule has 1 saturated heterocycles. The van der Waals surface area contributed by atoms with Crippen molar-refractivity contribution in [1.82, 2.24) is 10.0 Å². The van der Waals surface area contributed by atoms with Crippen molar-refractivity contribution in [1.29, 1.82) is 0 Å². The van der Waals surface area contributed by atoms with Crippen LogP contribution in [0.4, 0.5) is 0 Å². The fraction of sp³-hybridized carbons (Fsp3) is 0.600. The second-order valence-electron chi connectivity index (χ2n) is 4.25. The maximum atomic E-state index is 12.2. The number of hydrogen-bond donors (Lipinski definition) is 2. The molecule has 1 aromatic heterocycles. The van der Waals surface area contributed by atoms with Crippen molar-refractivity contribution in [2.45, 2.75) is 23.6 Å². The summed E-state index contributed by atoms with van der Waals surface area (Å²) in [7, 11) is -3.39. The highest BCUT2D eigenvalue weighted by molar-refractivity contribution is 9.10. The van der Waals surface area contributed by atoms with Gasteiger partial charge in [-0.1, -0.05) is 6.92 Å². The maximum Gasteiger partial charge on any atom is 0.251 e. The molecule has 18 heavy (non-hydrogen) atoms. The zero-order chi connectivity index (χ0) is 12.5. The Kier molecular flexibility index (Phi) is 6.08. The summed E-state index contributed by atoms with van der Waals surface area (Å²) in [5.74, 6) is 0.317. The largest absolute Gasteiger partial charge is 0.316 e. The number of rotatable bonds is 3.